The van der Waals surface area contributed by atoms with Gasteiger partial charge in [0.15, 0.2) is 11.5 Å². The first-order valence-electron chi connectivity index (χ1n) is 6.91. The molecule has 0 fully saturated rings. The van der Waals surface area contributed by atoms with E-state index in [0.29, 0.717) is 21.6 Å². The number of nitrogens with one attached hydrogen (secondary N) is 1. The molecule has 0 aliphatic rings. The van der Waals surface area contributed by atoms with Gasteiger partial charge in [0.1, 0.15) is 5.02 Å². The molecule has 0 saturated heterocycles. The molecule has 24 heavy (non-hydrogen) atoms. The van der Waals surface area contributed by atoms with Crippen molar-refractivity contribution in [2.24, 2.45) is 7.05 Å². The molecule has 9 heteroatoms. The second-order valence-electron chi connectivity index (χ2n) is 5.05. The third-order valence-electron chi connectivity index (χ3n) is 3.28. The molecule has 3 rings (SSSR count). The smallest absolute Gasteiger partial charge is 0.277 e. The maximum atomic E-state index is 12.1. The highest BCUT2D eigenvalue weighted by Crippen LogP contribution is 2.27. The van der Waals surface area contributed by atoms with Crippen LogP contribution in [-0.4, -0.2) is 25.5 Å². The molecule has 6 nitrogen and oxygen atoms in total. The Morgan fingerprint density at radius 1 is 1.12 bits per heavy atom. The summed E-state index contributed by atoms with van der Waals surface area (Å²) in [6, 6.07) is 6.86. The number of nitrogens with zero attached hydrogens (tertiary/aromatic N) is 4. The number of hydrogen-bond acceptors (Lipinski definition) is 3. The van der Waals surface area contributed by atoms with Crippen molar-refractivity contribution < 1.29 is 4.79 Å². The van der Waals surface area contributed by atoms with Crippen LogP contribution in [0.15, 0.2) is 36.7 Å². The molecule has 2 aromatic heterocycles. The van der Waals surface area contributed by atoms with E-state index in [9.17, 15) is 4.79 Å². The number of carbonyl (C=O) groups is 1. The lowest BCUT2D eigenvalue weighted by Crippen LogP contribution is -2.14. The van der Waals surface area contributed by atoms with Gasteiger partial charge in [-0.3, -0.25) is 14.2 Å². The molecule has 0 aliphatic heterocycles. The molecule has 124 valence electrons. The minimum absolute atomic E-state index is 0.246. The van der Waals surface area contributed by atoms with Crippen LogP contribution in [0.5, 0.6) is 0 Å². The van der Waals surface area contributed by atoms with Crippen molar-refractivity contribution >= 4 is 46.5 Å². The quantitative estimate of drug-likeness (QED) is 0.742. The molecule has 1 amide bonds. The molecule has 0 atom stereocenters. The average molecular weight is 385 g/mol. The Labute approximate surface area is 152 Å². The Kier molecular flexibility index (Phi) is 4.80. The fourth-order valence-electron chi connectivity index (χ4n) is 2.12. The number of hydrogen-bond donors (Lipinski definition) is 1. The van der Waals surface area contributed by atoms with E-state index in [-0.39, 0.29) is 11.5 Å². The summed E-state index contributed by atoms with van der Waals surface area (Å²) in [4.78, 5) is 12.1. The molecule has 3 aromatic rings. The SMILES string of the molecule is Cn1ccc(C(=O)Nc2nn(Cc3c(Cl)cccc3Cl)cc2Cl)n1. The first-order chi connectivity index (χ1) is 11.4. The summed E-state index contributed by atoms with van der Waals surface area (Å²) in [7, 11) is 1.73. The van der Waals surface area contributed by atoms with Gasteiger partial charge in [-0.25, -0.2) is 0 Å². The van der Waals surface area contributed by atoms with Gasteiger partial charge in [0.25, 0.3) is 5.91 Å². The molecule has 0 radical (unpaired) electrons. The van der Waals surface area contributed by atoms with Crippen molar-refractivity contribution in [3.63, 3.8) is 0 Å². The number of halogens is 3. The monoisotopic (exact) mass is 383 g/mol. The van der Waals surface area contributed by atoms with Crippen molar-refractivity contribution in [1.29, 1.82) is 0 Å². The molecule has 0 unspecified atom stereocenters. The molecule has 2 heterocycles. The molecule has 0 spiro atoms. The zero-order chi connectivity index (χ0) is 17.3. The van der Waals surface area contributed by atoms with Crippen LogP contribution in [0.3, 0.4) is 0 Å². The largest absolute Gasteiger partial charge is 0.302 e. The number of anilines is 1. The zero-order valence-electron chi connectivity index (χ0n) is 12.5. The lowest BCUT2D eigenvalue weighted by Gasteiger charge is -2.06. The first kappa shape index (κ1) is 16.8. The Bertz CT molecular complexity index is 882. The Morgan fingerprint density at radius 2 is 1.83 bits per heavy atom. The average Bonchev–Trinajstić information content (AvgIpc) is 3.10. The van der Waals surface area contributed by atoms with E-state index in [0.717, 1.165) is 5.56 Å². The first-order valence-corrected chi connectivity index (χ1v) is 8.04. The van der Waals surface area contributed by atoms with E-state index in [1.165, 1.54) is 4.68 Å². The van der Waals surface area contributed by atoms with Crippen molar-refractivity contribution in [3.8, 4) is 0 Å². The molecule has 1 aromatic carbocycles. The summed E-state index contributed by atoms with van der Waals surface area (Å²) >= 11 is 18.4. The number of aromatic nitrogens is 4. The van der Waals surface area contributed by atoms with Crippen molar-refractivity contribution in [2.45, 2.75) is 6.54 Å². The highest BCUT2D eigenvalue weighted by molar-refractivity contribution is 6.36. The van der Waals surface area contributed by atoms with E-state index in [2.05, 4.69) is 15.5 Å². The van der Waals surface area contributed by atoms with E-state index in [1.807, 2.05) is 0 Å². The maximum Gasteiger partial charge on any atom is 0.277 e. The van der Waals surface area contributed by atoms with Gasteiger partial charge in [0, 0.05) is 35.1 Å². The van der Waals surface area contributed by atoms with Gasteiger partial charge in [-0.2, -0.15) is 10.2 Å². The van der Waals surface area contributed by atoms with Gasteiger partial charge in [0.2, 0.25) is 0 Å². The lowest BCUT2D eigenvalue weighted by molar-refractivity contribution is 0.102. The highest BCUT2D eigenvalue weighted by atomic mass is 35.5. The van der Waals surface area contributed by atoms with Gasteiger partial charge in [-0.1, -0.05) is 40.9 Å². The van der Waals surface area contributed by atoms with Crippen LogP contribution in [0, 0.1) is 0 Å². The van der Waals surface area contributed by atoms with E-state index in [4.69, 9.17) is 34.8 Å². The van der Waals surface area contributed by atoms with Crippen molar-refractivity contribution in [3.05, 3.63) is 63.0 Å². The topological polar surface area (TPSA) is 64.7 Å². The maximum absolute atomic E-state index is 12.1. The summed E-state index contributed by atoms with van der Waals surface area (Å²) in [5.41, 5.74) is 1.000. The standard InChI is InChI=1S/C15H12Cl3N5O/c1-22-6-5-13(20-22)15(24)19-14-12(18)8-23(21-14)7-9-10(16)3-2-4-11(9)17/h2-6,8H,7H2,1H3,(H,19,21,24). The molecular formula is C15H12Cl3N5O. The van der Waals surface area contributed by atoms with Crippen LogP contribution in [0.4, 0.5) is 5.82 Å². The van der Waals surface area contributed by atoms with Gasteiger partial charge >= 0.3 is 0 Å². The fraction of sp³-hybridized carbons (Fsp3) is 0.133. The predicted octanol–water partition coefficient (Wildman–Crippen LogP) is 3.88. The summed E-state index contributed by atoms with van der Waals surface area (Å²) in [6.45, 7) is 0.331. The highest BCUT2D eigenvalue weighted by Gasteiger charge is 2.15. The van der Waals surface area contributed by atoms with Crippen LogP contribution in [0.2, 0.25) is 15.1 Å². The molecule has 0 saturated carbocycles. The van der Waals surface area contributed by atoms with Crippen molar-refractivity contribution in [2.75, 3.05) is 5.32 Å². The van der Waals surface area contributed by atoms with E-state index in [1.54, 1.807) is 48.4 Å². The molecule has 1 N–H and O–H groups in total. The van der Waals surface area contributed by atoms with Gasteiger partial charge in [-0.05, 0) is 18.2 Å². The van der Waals surface area contributed by atoms with Gasteiger partial charge in [0.05, 0.1) is 6.54 Å². The number of benzene rings is 1. The number of amides is 1. The van der Waals surface area contributed by atoms with Crippen LogP contribution < -0.4 is 5.32 Å². The third-order valence-corrected chi connectivity index (χ3v) is 4.26. The number of aryl methyl sites for hydroxylation is 1. The molecule has 0 bridgehead atoms. The van der Waals surface area contributed by atoms with Gasteiger partial charge in [-0.15, -0.1) is 0 Å². The molecular weight excluding hydrogens is 373 g/mol. The predicted molar refractivity (Wildman–Crippen MR) is 94.0 cm³/mol. The van der Waals surface area contributed by atoms with Gasteiger partial charge < -0.3 is 5.32 Å². The second kappa shape index (κ2) is 6.84. The summed E-state index contributed by atoms with van der Waals surface area (Å²) in [6.07, 6.45) is 3.27. The van der Waals surface area contributed by atoms with Crippen LogP contribution >= 0.6 is 34.8 Å². The van der Waals surface area contributed by atoms with Crippen LogP contribution in [-0.2, 0) is 13.6 Å². The normalized spacial score (nSPS) is 10.8. The number of carbonyl (C=O) groups excluding carboxylic acids is 1. The minimum Gasteiger partial charge on any atom is -0.302 e. The Balaban J connectivity index is 1.79. The van der Waals surface area contributed by atoms with Crippen molar-refractivity contribution in [1.82, 2.24) is 19.6 Å². The second-order valence-corrected chi connectivity index (χ2v) is 6.27. The number of rotatable bonds is 4. The molecule has 0 aliphatic carbocycles. The summed E-state index contributed by atoms with van der Waals surface area (Å²) < 4.78 is 3.10. The summed E-state index contributed by atoms with van der Waals surface area (Å²) in [5.74, 6) is -0.144. The minimum atomic E-state index is -0.390. The third kappa shape index (κ3) is 3.56. The Morgan fingerprint density at radius 3 is 2.46 bits per heavy atom. The summed E-state index contributed by atoms with van der Waals surface area (Å²) in [5, 5.41) is 12.3. The van der Waals surface area contributed by atoms with E-state index >= 15 is 0 Å². The Hall–Kier alpha value is -2.02. The van der Waals surface area contributed by atoms with Crippen LogP contribution in [0.25, 0.3) is 0 Å². The van der Waals surface area contributed by atoms with Crippen LogP contribution in [0.1, 0.15) is 16.1 Å². The lowest BCUT2D eigenvalue weighted by atomic mass is 10.2. The fourth-order valence-corrected chi connectivity index (χ4v) is 2.83. The van der Waals surface area contributed by atoms with E-state index < -0.39 is 5.91 Å². The zero-order valence-corrected chi connectivity index (χ0v) is 14.8.